The van der Waals surface area contributed by atoms with Gasteiger partial charge in [-0.2, -0.15) is 0 Å². The zero-order valence-corrected chi connectivity index (χ0v) is 45.0. The number of likely N-dealkylation sites (N-methyl/N-ethyl adjacent to an activating group) is 1. The van der Waals surface area contributed by atoms with Crippen LogP contribution in [0.3, 0.4) is 0 Å². The Morgan fingerprint density at radius 2 is 1.54 bits per heavy atom. The summed E-state index contributed by atoms with van der Waals surface area (Å²) in [6.45, 7) is 9.44. The largest absolute Gasteiger partial charge is 0.496 e. The maximum Gasteiger partial charge on any atom is 0.344 e. The molecule has 1 unspecified atom stereocenters. The normalized spacial score (nSPS) is 31.6. The van der Waals surface area contributed by atoms with E-state index in [-0.39, 0.29) is 12.0 Å². The number of carbonyl (C=O) groups is 4. The number of nitrogens with one attached hydrogen (secondary N) is 1. The molecular weight excluding hydrogens is 943 g/mol. The second kappa shape index (κ2) is 22.3. The third kappa shape index (κ3) is 9.32. The van der Waals surface area contributed by atoms with Crippen molar-refractivity contribution in [1.82, 2.24) is 14.8 Å². The summed E-state index contributed by atoms with van der Waals surface area (Å²) < 4.78 is 23.9. The molecule has 2 aromatic carbocycles. The van der Waals surface area contributed by atoms with Gasteiger partial charge >= 0.3 is 23.9 Å². The number of aliphatic hydroxyl groups is 2. The molecule has 406 valence electrons. The van der Waals surface area contributed by atoms with Crippen LogP contribution in [0.1, 0.15) is 139 Å². The van der Waals surface area contributed by atoms with Gasteiger partial charge in [-0.25, -0.2) is 4.79 Å². The summed E-state index contributed by atoms with van der Waals surface area (Å²) in [5.74, 6) is -2.23. The van der Waals surface area contributed by atoms with Crippen molar-refractivity contribution in [2.24, 2.45) is 17.1 Å². The van der Waals surface area contributed by atoms with Crippen molar-refractivity contribution in [3.63, 3.8) is 0 Å². The first-order chi connectivity index (χ1) is 35.5. The van der Waals surface area contributed by atoms with Gasteiger partial charge in [-0.1, -0.05) is 89.1 Å². The molecule has 1 spiro atoms. The third-order valence-electron chi connectivity index (χ3n) is 18.2. The first kappa shape index (κ1) is 55.2. The number of fused-ring (bicyclic) bond motifs is 6. The molecule has 1 saturated carbocycles. The molecule has 6 heterocycles. The van der Waals surface area contributed by atoms with Crippen molar-refractivity contribution in [2.45, 2.75) is 164 Å². The number of aromatic amines is 1. The maximum absolute atomic E-state index is 15.3. The number of ether oxygens (including phenoxy) is 4. The number of carbonyl (C=O) groups excluding carboxylic acids is 3. The molecule has 0 radical (unpaired) electrons. The van der Waals surface area contributed by atoms with Crippen LogP contribution in [0.15, 0.2) is 48.6 Å². The molecule has 74 heavy (non-hydrogen) atoms. The predicted molar refractivity (Wildman–Crippen MR) is 283 cm³/mol. The van der Waals surface area contributed by atoms with Gasteiger partial charge in [0.2, 0.25) is 5.60 Å². The highest BCUT2D eigenvalue weighted by molar-refractivity contribution is 5.95. The number of anilines is 1. The average molecular weight is 1030 g/mol. The molecule has 0 amide bonds. The summed E-state index contributed by atoms with van der Waals surface area (Å²) >= 11 is 0. The van der Waals surface area contributed by atoms with Gasteiger partial charge in [-0.15, -0.1) is 0 Å². The highest BCUT2D eigenvalue weighted by Crippen LogP contribution is 2.68. The van der Waals surface area contributed by atoms with Crippen molar-refractivity contribution in [3.8, 4) is 5.75 Å². The van der Waals surface area contributed by atoms with Gasteiger partial charge in [0.25, 0.3) is 0 Å². The highest BCUT2D eigenvalue weighted by atomic mass is 16.6. The molecule has 3 aromatic rings. The number of hydrogen-bond acceptors (Lipinski definition) is 14. The van der Waals surface area contributed by atoms with Gasteiger partial charge in [0, 0.05) is 97.4 Å². The van der Waals surface area contributed by atoms with Crippen LogP contribution in [0, 0.1) is 11.3 Å². The van der Waals surface area contributed by atoms with E-state index in [1.165, 1.54) is 59.7 Å². The number of aliphatic carboxylic acids is 1. The van der Waals surface area contributed by atoms with E-state index >= 15 is 4.79 Å². The standard InChI is InChI=1S/C46H58N4O9.C12H25NO2/c1-8-42(54)23-28-24-45(40(52)57-6,36-30(15-19-49(25-28)26-42)29-13-10-11-14-33(29)47-36)32-21-31-34(22-35(32)56-5)48(4)38-44(31)17-20-50-18-12-16-43(9-2,37(44)50)39(59-27(3)51)46(38,55)41(53)58-7;13-11-9-7-5-3-1-2-4-6-8-10-12(14)15/h10-14,16,21-22,28,37-39,47,54-55H,8-9,15,17-20,23-26H2,1-7H3;1-11,13H2,(H,14,15)/t28-,37+,38-,39-,42+,43-,44-,45+,46+;/m1./s1. The Labute approximate surface area is 437 Å². The van der Waals surface area contributed by atoms with E-state index in [4.69, 9.17) is 29.8 Å². The Bertz CT molecular complexity index is 2570. The fourth-order valence-electron chi connectivity index (χ4n) is 15.2. The van der Waals surface area contributed by atoms with E-state index in [0.717, 1.165) is 59.2 Å². The molecule has 6 aliphatic rings. The number of esters is 3. The zero-order valence-electron chi connectivity index (χ0n) is 45.0. The van der Waals surface area contributed by atoms with Crippen LogP contribution in [0.4, 0.5) is 5.69 Å². The van der Waals surface area contributed by atoms with E-state index < -0.39 is 63.5 Å². The number of nitrogens with two attached hydrogens (primary N) is 1. The molecule has 16 heteroatoms. The number of nitrogens with zero attached hydrogens (tertiary/aromatic N) is 3. The van der Waals surface area contributed by atoms with Gasteiger partial charge in [-0.05, 0) is 93.6 Å². The number of unbranched alkanes of at least 4 members (excludes halogenated alkanes) is 8. The Morgan fingerprint density at radius 1 is 0.851 bits per heavy atom. The third-order valence-corrected chi connectivity index (χ3v) is 18.2. The summed E-state index contributed by atoms with van der Waals surface area (Å²) in [7, 11) is 6.15. The zero-order chi connectivity index (χ0) is 53.2. The van der Waals surface area contributed by atoms with Crippen molar-refractivity contribution < 1.29 is 53.4 Å². The molecular formula is C58H83N5O11. The Hall–Kier alpha value is -5.00. The van der Waals surface area contributed by atoms with E-state index in [1.54, 1.807) is 7.11 Å². The summed E-state index contributed by atoms with van der Waals surface area (Å²) in [6, 6.07) is 11.0. The molecule has 5 aliphatic heterocycles. The number of aromatic nitrogens is 1. The van der Waals surface area contributed by atoms with Crippen molar-refractivity contribution in [3.05, 3.63) is 70.9 Å². The lowest BCUT2D eigenvalue weighted by molar-refractivity contribution is -0.228. The molecule has 1 aromatic heterocycles. The molecule has 10 atom stereocenters. The number of carboxylic acids is 1. The Balaban J connectivity index is 0.000000423. The number of hydrogen-bond donors (Lipinski definition) is 5. The van der Waals surface area contributed by atoms with Crippen LogP contribution >= 0.6 is 0 Å². The van der Waals surface area contributed by atoms with Crippen LogP contribution in [-0.4, -0.2) is 151 Å². The van der Waals surface area contributed by atoms with Crippen LogP contribution in [-0.2, 0) is 50.6 Å². The summed E-state index contributed by atoms with van der Waals surface area (Å²) in [5.41, 5.74) is 3.78. The molecule has 1 aliphatic carbocycles. The minimum Gasteiger partial charge on any atom is -0.496 e. The minimum atomic E-state index is -2.30. The van der Waals surface area contributed by atoms with E-state index in [1.807, 2.05) is 50.1 Å². The Kier molecular flexibility index (Phi) is 16.6. The first-order valence-corrected chi connectivity index (χ1v) is 27.4. The summed E-state index contributed by atoms with van der Waals surface area (Å²) in [6.07, 6.45) is 16.9. The number of benzene rings is 2. The number of carboxylic acid groups (broad SMARTS) is 1. The quantitative estimate of drug-likeness (QED) is 0.0378. The topological polar surface area (TPSA) is 217 Å². The lowest BCUT2D eigenvalue weighted by atomic mass is 9.47. The number of methoxy groups -OCH3 is 3. The number of para-hydroxylation sites is 1. The lowest BCUT2D eigenvalue weighted by Gasteiger charge is -2.63. The fourth-order valence-corrected chi connectivity index (χ4v) is 15.2. The molecule has 9 rings (SSSR count). The maximum atomic E-state index is 15.3. The lowest BCUT2D eigenvalue weighted by Crippen LogP contribution is -2.81. The van der Waals surface area contributed by atoms with Gasteiger partial charge in [0.15, 0.2) is 6.10 Å². The minimum absolute atomic E-state index is 0.0986. The molecule has 2 saturated heterocycles. The van der Waals surface area contributed by atoms with Gasteiger partial charge in [0.1, 0.15) is 11.2 Å². The molecule has 3 fully saturated rings. The van der Waals surface area contributed by atoms with Gasteiger partial charge < -0.3 is 49.9 Å². The van der Waals surface area contributed by atoms with E-state index in [2.05, 4.69) is 39.1 Å². The number of H-pyrrole nitrogens is 1. The van der Waals surface area contributed by atoms with Crippen molar-refractivity contribution >= 4 is 40.5 Å². The monoisotopic (exact) mass is 1030 g/mol. The predicted octanol–water partition coefficient (Wildman–Crippen LogP) is 6.92. The summed E-state index contributed by atoms with van der Waals surface area (Å²) in [5, 5.41) is 34.8. The van der Waals surface area contributed by atoms with Crippen LogP contribution in [0.25, 0.3) is 10.9 Å². The second-order valence-corrected chi connectivity index (χ2v) is 22.3. The average Bonchev–Trinajstić information content (AvgIpc) is 4.06. The van der Waals surface area contributed by atoms with Crippen LogP contribution in [0.5, 0.6) is 5.75 Å². The second-order valence-electron chi connectivity index (χ2n) is 22.3. The van der Waals surface area contributed by atoms with E-state index in [9.17, 15) is 24.6 Å². The molecule has 16 nitrogen and oxygen atoms in total. The summed E-state index contributed by atoms with van der Waals surface area (Å²) in [4.78, 5) is 63.4. The van der Waals surface area contributed by atoms with Crippen LogP contribution in [0.2, 0.25) is 0 Å². The number of rotatable bonds is 18. The first-order valence-electron chi connectivity index (χ1n) is 27.4. The SMILES string of the molecule is CC[C@]1(O)C[C@H]2CN(CCc3c([nH]c4ccccc34)[C@@](C(=O)OC)(c3cc4c(cc3OC)N(C)[C@H]3[C@@](O)(C(=O)OC)[C@H](OC(C)=O)[C@]5(CC)C=CCN6CC[C@]43[C@@H]65)C2)C1.NCCCCCCCCCCCC(=O)O. The van der Waals surface area contributed by atoms with Gasteiger partial charge in [-0.3, -0.25) is 24.2 Å². The fraction of sp³-hybridized carbons (Fsp3) is 0.655. The van der Waals surface area contributed by atoms with E-state index in [0.29, 0.717) is 89.0 Å². The van der Waals surface area contributed by atoms with Gasteiger partial charge in [0.05, 0.1) is 33.0 Å². The molecule has 6 N–H and O–H groups in total. The van der Waals surface area contributed by atoms with Crippen molar-refractivity contribution in [1.29, 1.82) is 0 Å². The number of piperidine rings is 1. The van der Waals surface area contributed by atoms with Crippen molar-refractivity contribution in [2.75, 3.05) is 72.5 Å². The highest BCUT2D eigenvalue weighted by Gasteiger charge is 2.80. The molecule has 2 bridgehead atoms. The van der Waals surface area contributed by atoms with Crippen LogP contribution < -0.4 is 15.4 Å². The Morgan fingerprint density at radius 3 is 2.18 bits per heavy atom. The smallest absolute Gasteiger partial charge is 0.344 e.